The third-order valence-electron chi connectivity index (χ3n) is 3.36. The molecule has 1 unspecified atom stereocenters. The minimum Gasteiger partial charge on any atom is -0.305 e. The summed E-state index contributed by atoms with van der Waals surface area (Å²) in [6.07, 6.45) is 6.00. The van der Waals surface area contributed by atoms with E-state index >= 15 is 0 Å². The second kappa shape index (κ2) is 7.15. The summed E-state index contributed by atoms with van der Waals surface area (Å²) in [7, 11) is 0. The quantitative estimate of drug-likeness (QED) is 0.873. The smallest absolute Gasteiger partial charge is 0.0801 e. The van der Waals surface area contributed by atoms with Crippen molar-refractivity contribution in [1.29, 1.82) is 0 Å². The maximum absolute atomic E-state index is 4.51. The summed E-state index contributed by atoms with van der Waals surface area (Å²) < 4.78 is 0. The summed E-state index contributed by atoms with van der Waals surface area (Å²) in [6.45, 7) is 7.17. The third kappa shape index (κ3) is 3.64. The minimum atomic E-state index is 0.115. The van der Waals surface area contributed by atoms with Gasteiger partial charge in [-0.15, -0.1) is 0 Å². The van der Waals surface area contributed by atoms with Crippen LogP contribution in [-0.4, -0.2) is 16.5 Å². The van der Waals surface area contributed by atoms with Crippen LogP contribution in [-0.2, 0) is 6.42 Å². The molecule has 0 saturated carbocycles. The van der Waals surface area contributed by atoms with Gasteiger partial charge >= 0.3 is 0 Å². The van der Waals surface area contributed by atoms with E-state index in [2.05, 4.69) is 53.4 Å². The first kappa shape index (κ1) is 14.7. The largest absolute Gasteiger partial charge is 0.305 e. The maximum Gasteiger partial charge on any atom is 0.0801 e. The van der Waals surface area contributed by atoms with Crippen LogP contribution in [0.5, 0.6) is 0 Å². The molecule has 0 amide bonds. The Labute approximate surface area is 121 Å². The summed E-state index contributed by atoms with van der Waals surface area (Å²) in [5.41, 5.74) is 4.55. The molecule has 1 N–H and O–H groups in total. The SMILES string of the molecule is CCCc1ccc(C(NCC)c2cnc(C)cn2)cc1. The van der Waals surface area contributed by atoms with E-state index < -0.39 is 0 Å². The van der Waals surface area contributed by atoms with Gasteiger partial charge in [-0.3, -0.25) is 9.97 Å². The highest BCUT2D eigenvalue weighted by Gasteiger charge is 2.14. The van der Waals surface area contributed by atoms with E-state index in [1.165, 1.54) is 17.5 Å². The number of benzene rings is 1. The molecule has 0 fully saturated rings. The Morgan fingerprint density at radius 1 is 1.05 bits per heavy atom. The molecule has 1 heterocycles. The molecule has 0 aliphatic rings. The predicted octanol–water partition coefficient (Wildman–Crippen LogP) is 3.44. The fourth-order valence-electron chi connectivity index (χ4n) is 2.31. The second-order valence-electron chi connectivity index (χ2n) is 5.06. The zero-order chi connectivity index (χ0) is 14.4. The van der Waals surface area contributed by atoms with Crippen molar-refractivity contribution in [2.45, 2.75) is 39.7 Å². The van der Waals surface area contributed by atoms with Gasteiger partial charge in [-0.2, -0.15) is 0 Å². The average molecular weight is 269 g/mol. The highest BCUT2D eigenvalue weighted by Crippen LogP contribution is 2.20. The van der Waals surface area contributed by atoms with Crippen molar-refractivity contribution in [3.8, 4) is 0 Å². The third-order valence-corrected chi connectivity index (χ3v) is 3.36. The van der Waals surface area contributed by atoms with Gasteiger partial charge in [0.15, 0.2) is 0 Å². The first-order valence-corrected chi connectivity index (χ1v) is 7.35. The Hall–Kier alpha value is -1.74. The summed E-state index contributed by atoms with van der Waals surface area (Å²) in [4.78, 5) is 8.86. The molecule has 0 bridgehead atoms. The maximum atomic E-state index is 4.51. The number of aryl methyl sites for hydroxylation is 2. The summed E-state index contributed by atoms with van der Waals surface area (Å²) in [5, 5.41) is 3.48. The van der Waals surface area contributed by atoms with E-state index in [1.54, 1.807) is 0 Å². The van der Waals surface area contributed by atoms with E-state index in [0.717, 1.165) is 24.4 Å². The highest BCUT2D eigenvalue weighted by molar-refractivity contribution is 5.30. The molecule has 3 nitrogen and oxygen atoms in total. The van der Waals surface area contributed by atoms with Crippen LogP contribution in [0.25, 0.3) is 0 Å². The Bertz CT molecular complexity index is 517. The lowest BCUT2D eigenvalue weighted by atomic mass is 10.0. The molecule has 106 valence electrons. The van der Waals surface area contributed by atoms with Crippen LogP contribution in [0.2, 0.25) is 0 Å². The van der Waals surface area contributed by atoms with Crippen molar-refractivity contribution in [2.75, 3.05) is 6.54 Å². The van der Waals surface area contributed by atoms with Crippen LogP contribution in [0.15, 0.2) is 36.7 Å². The molecule has 1 aromatic carbocycles. The average Bonchev–Trinajstić information content (AvgIpc) is 2.47. The topological polar surface area (TPSA) is 37.8 Å². The zero-order valence-electron chi connectivity index (χ0n) is 12.6. The minimum absolute atomic E-state index is 0.115. The Balaban J connectivity index is 2.25. The highest BCUT2D eigenvalue weighted by atomic mass is 14.9. The summed E-state index contributed by atoms with van der Waals surface area (Å²) in [6, 6.07) is 8.93. The zero-order valence-corrected chi connectivity index (χ0v) is 12.6. The van der Waals surface area contributed by atoms with Crippen LogP contribution in [0, 0.1) is 6.92 Å². The molecule has 0 aliphatic carbocycles. The van der Waals surface area contributed by atoms with Crippen molar-refractivity contribution in [1.82, 2.24) is 15.3 Å². The van der Waals surface area contributed by atoms with Crippen molar-refractivity contribution in [3.63, 3.8) is 0 Å². The Morgan fingerprint density at radius 3 is 2.35 bits per heavy atom. The number of nitrogens with zero attached hydrogens (tertiary/aromatic N) is 2. The van der Waals surface area contributed by atoms with Gasteiger partial charge < -0.3 is 5.32 Å². The first-order valence-electron chi connectivity index (χ1n) is 7.35. The lowest BCUT2D eigenvalue weighted by molar-refractivity contribution is 0.612. The van der Waals surface area contributed by atoms with E-state index in [0.29, 0.717) is 0 Å². The number of aromatic nitrogens is 2. The Kier molecular flexibility index (Phi) is 5.24. The van der Waals surface area contributed by atoms with Gasteiger partial charge in [-0.1, -0.05) is 44.5 Å². The van der Waals surface area contributed by atoms with E-state index in [-0.39, 0.29) is 6.04 Å². The number of hydrogen-bond acceptors (Lipinski definition) is 3. The van der Waals surface area contributed by atoms with Crippen molar-refractivity contribution in [2.24, 2.45) is 0 Å². The molecule has 3 heteroatoms. The molecule has 2 aromatic rings. The molecule has 20 heavy (non-hydrogen) atoms. The number of nitrogens with one attached hydrogen (secondary N) is 1. The first-order chi connectivity index (χ1) is 9.74. The van der Waals surface area contributed by atoms with Gasteiger partial charge in [0.1, 0.15) is 0 Å². The van der Waals surface area contributed by atoms with Crippen LogP contribution >= 0.6 is 0 Å². The Morgan fingerprint density at radius 2 is 1.80 bits per heavy atom. The van der Waals surface area contributed by atoms with E-state index in [4.69, 9.17) is 0 Å². The molecule has 2 rings (SSSR count). The van der Waals surface area contributed by atoms with Crippen molar-refractivity contribution in [3.05, 3.63) is 59.2 Å². The lowest BCUT2D eigenvalue weighted by Crippen LogP contribution is -2.23. The monoisotopic (exact) mass is 269 g/mol. The predicted molar refractivity (Wildman–Crippen MR) is 82.7 cm³/mol. The van der Waals surface area contributed by atoms with Gasteiger partial charge in [0.05, 0.1) is 23.6 Å². The molecular formula is C17H23N3. The van der Waals surface area contributed by atoms with E-state index in [9.17, 15) is 0 Å². The fourth-order valence-corrected chi connectivity index (χ4v) is 2.31. The molecule has 0 saturated heterocycles. The fraction of sp³-hybridized carbons (Fsp3) is 0.412. The number of hydrogen-bond donors (Lipinski definition) is 1. The van der Waals surface area contributed by atoms with Crippen molar-refractivity contribution >= 4 is 0 Å². The molecule has 0 spiro atoms. The standard InChI is InChI=1S/C17H23N3/c1-4-6-14-7-9-15(10-8-14)17(18-5-2)16-12-19-13(3)11-20-16/h7-12,17-18H,4-6H2,1-3H3. The van der Waals surface area contributed by atoms with Crippen LogP contribution in [0.1, 0.15) is 48.8 Å². The van der Waals surface area contributed by atoms with Crippen LogP contribution in [0.4, 0.5) is 0 Å². The summed E-state index contributed by atoms with van der Waals surface area (Å²) >= 11 is 0. The molecule has 1 aromatic heterocycles. The normalized spacial score (nSPS) is 12.3. The van der Waals surface area contributed by atoms with Gasteiger partial charge in [0, 0.05) is 6.20 Å². The lowest BCUT2D eigenvalue weighted by Gasteiger charge is -2.18. The summed E-state index contributed by atoms with van der Waals surface area (Å²) in [5.74, 6) is 0. The van der Waals surface area contributed by atoms with Gasteiger partial charge in [0.2, 0.25) is 0 Å². The molecule has 0 aliphatic heterocycles. The van der Waals surface area contributed by atoms with Crippen LogP contribution in [0.3, 0.4) is 0 Å². The van der Waals surface area contributed by atoms with Gasteiger partial charge in [-0.05, 0) is 31.0 Å². The van der Waals surface area contributed by atoms with Crippen LogP contribution < -0.4 is 5.32 Å². The van der Waals surface area contributed by atoms with Gasteiger partial charge in [0.25, 0.3) is 0 Å². The number of rotatable bonds is 6. The van der Waals surface area contributed by atoms with Gasteiger partial charge in [-0.25, -0.2) is 0 Å². The second-order valence-corrected chi connectivity index (χ2v) is 5.06. The molecule has 0 radical (unpaired) electrons. The van der Waals surface area contributed by atoms with Crippen molar-refractivity contribution < 1.29 is 0 Å². The molecule has 1 atom stereocenters. The molecular weight excluding hydrogens is 246 g/mol. The van der Waals surface area contributed by atoms with E-state index in [1.807, 2.05) is 19.3 Å².